The van der Waals surface area contributed by atoms with Crippen LogP contribution in [0.4, 0.5) is 0 Å². The fourth-order valence-electron chi connectivity index (χ4n) is 2.00. The molecule has 0 aliphatic heterocycles. The smallest absolute Gasteiger partial charge is 0.361 e. The van der Waals surface area contributed by atoms with Crippen molar-refractivity contribution >= 4 is 39.1 Å². The maximum Gasteiger partial charge on any atom is 0.361 e. The summed E-state index contributed by atoms with van der Waals surface area (Å²) in [7, 11) is 0. The van der Waals surface area contributed by atoms with Crippen molar-refractivity contribution < 1.29 is 9.53 Å². The van der Waals surface area contributed by atoms with Crippen molar-refractivity contribution in [2.75, 3.05) is 0 Å². The summed E-state index contributed by atoms with van der Waals surface area (Å²) in [6.45, 7) is 5.72. The monoisotopic (exact) mass is 412 g/mol. The molecule has 0 fully saturated rings. The predicted molar refractivity (Wildman–Crippen MR) is 90.0 cm³/mol. The van der Waals surface area contributed by atoms with E-state index in [1.807, 2.05) is 0 Å². The first kappa shape index (κ1) is 16.8. The SMILES string of the molecule is CC(C)(C)OC(=O)c1cn(Cc2cn3nc(Cl)cc(Br)c3n2)nn1. The topological polar surface area (TPSA) is 87.2 Å². The lowest BCUT2D eigenvalue weighted by atomic mass is 10.2. The Balaban J connectivity index is 1.80. The van der Waals surface area contributed by atoms with Crippen LogP contribution >= 0.6 is 27.5 Å². The van der Waals surface area contributed by atoms with Gasteiger partial charge in [-0.2, -0.15) is 5.10 Å². The molecule has 24 heavy (non-hydrogen) atoms. The summed E-state index contributed by atoms with van der Waals surface area (Å²) in [6, 6.07) is 1.67. The van der Waals surface area contributed by atoms with Gasteiger partial charge in [-0.3, -0.25) is 0 Å². The van der Waals surface area contributed by atoms with Crippen molar-refractivity contribution in [2.24, 2.45) is 0 Å². The van der Waals surface area contributed by atoms with Gasteiger partial charge in [0.05, 0.1) is 29.1 Å². The zero-order chi connectivity index (χ0) is 17.5. The molecule has 3 heterocycles. The first-order valence-corrected chi connectivity index (χ1v) is 8.22. The zero-order valence-corrected chi connectivity index (χ0v) is 15.5. The summed E-state index contributed by atoms with van der Waals surface area (Å²) in [5, 5.41) is 12.3. The number of esters is 1. The van der Waals surface area contributed by atoms with Crippen LogP contribution in [0.1, 0.15) is 37.0 Å². The minimum Gasteiger partial charge on any atom is -0.455 e. The van der Waals surface area contributed by atoms with Crippen LogP contribution < -0.4 is 0 Å². The number of hydrogen-bond acceptors (Lipinski definition) is 6. The normalized spacial score (nSPS) is 11.9. The Morgan fingerprint density at radius 1 is 1.38 bits per heavy atom. The van der Waals surface area contributed by atoms with Gasteiger partial charge in [-0.15, -0.1) is 5.10 Å². The van der Waals surface area contributed by atoms with E-state index in [1.165, 1.54) is 10.9 Å². The second-order valence-electron chi connectivity index (χ2n) is 6.12. The number of carbonyl (C=O) groups excluding carboxylic acids is 1. The van der Waals surface area contributed by atoms with Gasteiger partial charge in [-0.25, -0.2) is 19.0 Å². The Labute approximate surface area is 150 Å². The van der Waals surface area contributed by atoms with E-state index in [0.717, 1.165) is 4.47 Å². The summed E-state index contributed by atoms with van der Waals surface area (Å²) >= 11 is 9.31. The zero-order valence-electron chi connectivity index (χ0n) is 13.2. The predicted octanol–water partition coefficient (Wildman–Crippen LogP) is 2.74. The van der Waals surface area contributed by atoms with E-state index in [9.17, 15) is 4.79 Å². The number of halogens is 2. The molecule has 0 saturated heterocycles. The Morgan fingerprint density at radius 3 is 2.83 bits per heavy atom. The van der Waals surface area contributed by atoms with E-state index in [-0.39, 0.29) is 5.69 Å². The van der Waals surface area contributed by atoms with Gasteiger partial charge >= 0.3 is 5.97 Å². The molecule has 0 amide bonds. The third kappa shape index (κ3) is 3.73. The molecule has 0 aromatic carbocycles. The van der Waals surface area contributed by atoms with Crippen molar-refractivity contribution in [3.8, 4) is 0 Å². The Kier molecular flexibility index (Phi) is 4.31. The van der Waals surface area contributed by atoms with Crippen LogP contribution in [0.25, 0.3) is 5.65 Å². The largest absolute Gasteiger partial charge is 0.455 e. The minimum absolute atomic E-state index is 0.149. The highest BCUT2D eigenvalue weighted by atomic mass is 79.9. The second-order valence-corrected chi connectivity index (χ2v) is 7.36. The first-order chi connectivity index (χ1) is 11.2. The van der Waals surface area contributed by atoms with Gasteiger partial charge < -0.3 is 4.74 Å². The Hall–Kier alpha value is -2.00. The standard InChI is InChI=1S/C14H14BrClN6O2/c1-14(2,3)24-13(23)10-7-21(20-18-10)5-8-6-22-12(17-8)9(15)4-11(16)19-22/h4,6-7H,5H2,1-3H3. The number of imidazole rings is 1. The van der Waals surface area contributed by atoms with Crippen LogP contribution in [0.2, 0.25) is 5.15 Å². The van der Waals surface area contributed by atoms with Crippen LogP contribution in [0, 0.1) is 0 Å². The average Bonchev–Trinajstić information content (AvgIpc) is 3.04. The molecule has 3 aromatic rings. The van der Waals surface area contributed by atoms with Gasteiger partial charge in [-0.1, -0.05) is 16.8 Å². The molecule has 0 bridgehead atoms. The molecular weight excluding hydrogens is 400 g/mol. The summed E-state index contributed by atoms with van der Waals surface area (Å²) in [5.41, 5.74) is 0.906. The van der Waals surface area contributed by atoms with Gasteiger partial charge in [0.1, 0.15) is 5.60 Å². The third-order valence-electron chi connectivity index (χ3n) is 2.87. The van der Waals surface area contributed by atoms with Crippen molar-refractivity contribution in [1.82, 2.24) is 29.6 Å². The minimum atomic E-state index is -0.584. The molecule has 0 radical (unpaired) electrons. The third-order valence-corrected chi connectivity index (χ3v) is 3.64. The van der Waals surface area contributed by atoms with E-state index in [2.05, 4.69) is 36.3 Å². The van der Waals surface area contributed by atoms with Crippen LogP contribution in [0.5, 0.6) is 0 Å². The van der Waals surface area contributed by atoms with E-state index in [1.54, 1.807) is 37.5 Å². The quantitative estimate of drug-likeness (QED) is 0.614. The second kappa shape index (κ2) is 6.14. The maximum absolute atomic E-state index is 12.0. The molecule has 3 aromatic heterocycles. The molecule has 0 N–H and O–H groups in total. The number of carbonyl (C=O) groups is 1. The molecule has 0 unspecified atom stereocenters. The number of fused-ring (bicyclic) bond motifs is 1. The van der Waals surface area contributed by atoms with Gasteiger partial charge in [-0.05, 0) is 42.8 Å². The summed E-state index contributed by atoms with van der Waals surface area (Å²) < 4.78 is 9.08. The van der Waals surface area contributed by atoms with Crippen molar-refractivity contribution in [2.45, 2.75) is 32.9 Å². The lowest BCUT2D eigenvalue weighted by molar-refractivity contribution is 0.00627. The summed E-state index contributed by atoms with van der Waals surface area (Å²) in [5.74, 6) is -0.514. The molecule has 126 valence electrons. The van der Waals surface area contributed by atoms with Gasteiger partial charge in [0.15, 0.2) is 16.5 Å². The molecule has 0 aliphatic carbocycles. The molecular formula is C14H14BrClN6O2. The number of rotatable bonds is 3. The molecule has 10 heteroatoms. The van der Waals surface area contributed by atoms with Gasteiger partial charge in [0, 0.05) is 0 Å². The summed E-state index contributed by atoms with van der Waals surface area (Å²) in [4.78, 5) is 16.4. The Bertz CT molecular complexity index is 914. The molecule has 0 saturated carbocycles. The van der Waals surface area contributed by atoms with Crippen molar-refractivity contribution in [1.29, 1.82) is 0 Å². The number of aromatic nitrogens is 6. The number of nitrogens with zero attached hydrogens (tertiary/aromatic N) is 6. The van der Waals surface area contributed by atoms with Crippen LogP contribution in [0.3, 0.4) is 0 Å². The molecule has 8 nitrogen and oxygen atoms in total. The van der Waals surface area contributed by atoms with E-state index in [0.29, 0.717) is 23.0 Å². The highest BCUT2D eigenvalue weighted by Gasteiger charge is 2.20. The van der Waals surface area contributed by atoms with Crippen molar-refractivity contribution in [3.63, 3.8) is 0 Å². The highest BCUT2D eigenvalue weighted by Crippen LogP contribution is 2.20. The first-order valence-electron chi connectivity index (χ1n) is 7.05. The van der Waals surface area contributed by atoms with Crippen molar-refractivity contribution in [3.05, 3.63) is 39.5 Å². The molecule has 3 rings (SSSR count). The lowest BCUT2D eigenvalue weighted by Gasteiger charge is -2.18. The van der Waals surface area contributed by atoms with E-state index >= 15 is 0 Å². The molecule has 0 aliphatic rings. The van der Waals surface area contributed by atoms with Crippen LogP contribution in [-0.2, 0) is 11.3 Å². The van der Waals surface area contributed by atoms with Gasteiger partial charge in [0.25, 0.3) is 0 Å². The molecule has 0 atom stereocenters. The fourth-order valence-corrected chi connectivity index (χ4v) is 2.81. The Morgan fingerprint density at radius 2 is 2.12 bits per heavy atom. The van der Waals surface area contributed by atoms with E-state index in [4.69, 9.17) is 16.3 Å². The molecule has 0 spiro atoms. The maximum atomic E-state index is 12.0. The van der Waals surface area contributed by atoms with Crippen LogP contribution in [-0.4, -0.2) is 41.2 Å². The lowest BCUT2D eigenvalue weighted by Crippen LogP contribution is -2.24. The highest BCUT2D eigenvalue weighted by molar-refractivity contribution is 9.10. The van der Waals surface area contributed by atoms with Crippen LogP contribution in [0.15, 0.2) is 22.9 Å². The fraction of sp³-hybridized carbons (Fsp3) is 0.357. The van der Waals surface area contributed by atoms with E-state index < -0.39 is 11.6 Å². The average molecular weight is 414 g/mol. The van der Waals surface area contributed by atoms with Gasteiger partial charge in [0.2, 0.25) is 0 Å². The number of ether oxygens (including phenoxy) is 1. The summed E-state index contributed by atoms with van der Waals surface area (Å²) in [6.07, 6.45) is 3.26. The number of hydrogen-bond donors (Lipinski definition) is 0.